The number of carbonyl (C=O) groups is 1. The zero-order chi connectivity index (χ0) is 14.1. The molecule has 20 heavy (non-hydrogen) atoms. The standard InChI is InChI=1S/C16H14N2O2/c1-20-11-7-5-10(6-8-11)15-9-13-12(16(19)18-15)3-2-4-14(13)17/h2-8H,9,17H2,1H3. The van der Waals surface area contributed by atoms with Gasteiger partial charge in [0.2, 0.25) is 0 Å². The molecule has 0 unspecified atom stereocenters. The Labute approximate surface area is 116 Å². The Morgan fingerprint density at radius 3 is 2.60 bits per heavy atom. The van der Waals surface area contributed by atoms with Gasteiger partial charge in [0.1, 0.15) is 5.75 Å². The van der Waals surface area contributed by atoms with E-state index in [0.29, 0.717) is 17.7 Å². The average Bonchev–Trinajstić information content (AvgIpc) is 2.48. The van der Waals surface area contributed by atoms with Gasteiger partial charge in [-0.3, -0.25) is 4.79 Å². The Bertz CT molecular complexity index is 703. The number of fused-ring (bicyclic) bond motifs is 1. The van der Waals surface area contributed by atoms with Crippen LogP contribution in [-0.4, -0.2) is 18.7 Å². The Kier molecular flexibility index (Phi) is 2.99. The van der Waals surface area contributed by atoms with Crippen molar-refractivity contribution < 1.29 is 9.53 Å². The molecular formula is C16H14N2O2. The predicted octanol–water partition coefficient (Wildman–Crippen LogP) is 2.46. The molecule has 0 fully saturated rings. The molecule has 1 aliphatic heterocycles. The summed E-state index contributed by atoms with van der Waals surface area (Å²) in [6.45, 7) is 0. The van der Waals surface area contributed by atoms with Gasteiger partial charge in [-0.05, 0) is 47.5 Å². The van der Waals surface area contributed by atoms with Crippen molar-refractivity contribution >= 4 is 17.3 Å². The summed E-state index contributed by atoms with van der Waals surface area (Å²) >= 11 is 0. The minimum absolute atomic E-state index is 0.232. The number of methoxy groups -OCH3 is 1. The minimum atomic E-state index is -0.232. The monoisotopic (exact) mass is 266 g/mol. The molecular weight excluding hydrogens is 252 g/mol. The number of ether oxygens (including phenoxy) is 1. The molecule has 0 bridgehead atoms. The first-order valence-electron chi connectivity index (χ1n) is 6.32. The molecule has 0 atom stereocenters. The van der Waals surface area contributed by atoms with E-state index in [0.717, 1.165) is 22.6 Å². The fourth-order valence-electron chi connectivity index (χ4n) is 2.34. The van der Waals surface area contributed by atoms with E-state index < -0.39 is 0 Å². The maximum Gasteiger partial charge on any atom is 0.277 e. The van der Waals surface area contributed by atoms with Gasteiger partial charge in [-0.2, -0.15) is 0 Å². The molecule has 0 aromatic heterocycles. The molecule has 0 saturated heterocycles. The third kappa shape index (κ3) is 2.05. The summed E-state index contributed by atoms with van der Waals surface area (Å²) in [4.78, 5) is 16.2. The highest BCUT2D eigenvalue weighted by atomic mass is 16.5. The van der Waals surface area contributed by atoms with Crippen LogP contribution in [0.3, 0.4) is 0 Å². The molecule has 2 aromatic carbocycles. The number of benzene rings is 2. The molecule has 0 radical (unpaired) electrons. The molecule has 1 heterocycles. The van der Waals surface area contributed by atoms with Gasteiger partial charge in [0, 0.05) is 17.7 Å². The van der Waals surface area contributed by atoms with Crippen LogP contribution in [0.1, 0.15) is 21.5 Å². The van der Waals surface area contributed by atoms with Gasteiger partial charge >= 0.3 is 0 Å². The number of hydrogen-bond acceptors (Lipinski definition) is 3. The summed E-state index contributed by atoms with van der Waals surface area (Å²) < 4.78 is 5.13. The van der Waals surface area contributed by atoms with Gasteiger partial charge in [-0.1, -0.05) is 6.07 Å². The van der Waals surface area contributed by atoms with Crippen LogP contribution in [0.25, 0.3) is 0 Å². The van der Waals surface area contributed by atoms with Gasteiger partial charge in [0.15, 0.2) is 0 Å². The summed E-state index contributed by atoms with van der Waals surface area (Å²) in [5.74, 6) is 0.542. The topological polar surface area (TPSA) is 64.7 Å². The maximum absolute atomic E-state index is 12.1. The van der Waals surface area contributed by atoms with Crippen molar-refractivity contribution in [3.8, 4) is 5.75 Å². The van der Waals surface area contributed by atoms with Crippen molar-refractivity contribution in [1.82, 2.24) is 0 Å². The van der Waals surface area contributed by atoms with E-state index in [1.807, 2.05) is 30.3 Å². The Hall–Kier alpha value is -2.62. The number of hydrogen-bond donors (Lipinski definition) is 1. The van der Waals surface area contributed by atoms with E-state index in [2.05, 4.69) is 4.99 Å². The van der Waals surface area contributed by atoms with Gasteiger partial charge in [-0.25, -0.2) is 4.99 Å². The zero-order valence-electron chi connectivity index (χ0n) is 11.1. The maximum atomic E-state index is 12.1. The number of amides is 1. The number of anilines is 1. The largest absolute Gasteiger partial charge is 0.497 e. The highest BCUT2D eigenvalue weighted by molar-refractivity contribution is 6.15. The van der Waals surface area contributed by atoms with Crippen LogP contribution in [0.5, 0.6) is 5.75 Å². The lowest BCUT2D eigenvalue weighted by molar-refractivity contribution is 0.100. The molecule has 4 nitrogen and oxygen atoms in total. The van der Waals surface area contributed by atoms with Crippen LogP contribution in [0.4, 0.5) is 5.69 Å². The molecule has 3 rings (SSSR count). The first kappa shape index (κ1) is 12.4. The van der Waals surface area contributed by atoms with Crippen LogP contribution in [0.15, 0.2) is 47.5 Å². The summed E-state index contributed by atoms with van der Waals surface area (Å²) in [6, 6.07) is 12.9. The van der Waals surface area contributed by atoms with Crippen molar-refractivity contribution in [2.75, 3.05) is 12.8 Å². The smallest absolute Gasteiger partial charge is 0.277 e. The van der Waals surface area contributed by atoms with Crippen LogP contribution >= 0.6 is 0 Å². The molecule has 4 heteroatoms. The Balaban J connectivity index is 2.00. The number of nitrogens with zero attached hydrogens (tertiary/aromatic N) is 1. The Morgan fingerprint density at radius 1 is 1.15 bits per heavy atom. The lowest BCUT2D eigenvalue weighted by Crippen LogP contribution is -2.18. The molecule has 100 valence electrons. The van der Waals surface area contributed by atoms with E-state index in [1.54, 1.807) is 19.2 Å². The highest BCUT2D eigenvalue weighted by Gasteiger charge is 2.21. The van der Waals surface area contributed by atoms with E-state index in [9.17, 15) is 4.79 Å². The van der Waals surface area contributed by atoms with Gasteiger partial charge in [0.25, 0.3) is 5.91 Å². The average molecular weight is 266 g/mol. The van der Waals surface area contributed by atoms with Crippen molar-refractivity contribution in [2.24, 2.45) is 4.99 Å². The van der Waals surface area contributed by atoms with Crippen molar-refractivity contribution in [3.63, 3.8) is 0 Å². The second kappa shape index (κ2) is 4.81. The first-order chi connectivity index (χ1) is 9.69. The SMILES string of the molecule is COc1ccc(C2=NC(=O)c3cccc(N)c3C2)cc1. The number of carbonyl (C=O) groups excluding carboxylic acids is 1. The molecule has 1 aliphatic rings. The van der Waals surface area contributed by atoms with Crippen molar-refractivity contribution in [1.29, 1.82) is 0 Å². The van der Waals surface area contributed by atoms with E-state index in [1.165, 1.54) is 0 Å². The molecule has 0 saturated carbocycles. The van der Waals surface area contributed by atoms with Gasteiger partial charge in [0.05, 0.1) is 12.8 Å². The Morgan fingerprint density at radius 2 is 1.90 bits per heavy atom. The summed E-state index contributed by atoms with van der Waals surface area (Å²) in [5, 5.41) is 0. The van der Waals surface area contributed by atoms with E-state index in [-0.39, 0.29) is 5.91 Å². The van der Waals surface area contributed by atoms with Crippen LogP contribution in [-0.2, 0) is 6.42 Å². The van der Waals surface area contributed by atoms with Crippen LogP contribution in [0.2, 0.25) is 0 Å². The molecule has 1 amide bonds. The van der Waals surface area contributed by atoms with Crippen LogP contribution < -0.4 is 10.5 Å². The fraction of sp³-hybridized carbons (Fsp3) is 0.125. The number of nitrogens with two attached hydrogens (primary N) is 1. The van der Waals surface area contributed by atoms with Crippen molar-refractivity contribution in [3.05, 3.63) is 59.2 Å². The molecule has 2 N–H and O–H groups in total. The molecule has 0 spiro atoms. The molecule has 0 aliphatic carbocycles. The number of aliphatic imine (C=N–C) groups is 1. The summed E-state index contributed by atoms with van der Waals surface area (Å²) in [6.07, 6.45) is 0.570. The second-order valence-corrected chi connectivity index (χ2v) is 4.64. The first-order valence-corrected chi connectivity index (χ1v) is 6.32. The van der Waals surface area contributed by atoms with E-state index >= 15 is 0 Å². The summed E-state index contributed by atoms with van der Waals surface area (Å²) in [7, 11) is 1.62. The lowest BCUT2D eigenvalue weighted by atomic mass is 9.93. The van der Waals surface area contributed by atoms with Crippen LogP contribution in [0, 0.1) is 0 Å². The van der Waals surface area contributed by atoms with Crippen molar-refractivity contribution in [2.45, 2.75) is 6.42 Å². The lowest BCUT2D eigenvalue weighted by Gasteiger charge is -2.17. The third-order valence-electron chi connectivity index (χ3n) is 3.45. The predicted molar refractivity (Wildman–Crippen MR) is 78.4 cm³/mol. The van der Waals surface area contributed by atoms with Gasteiger partial charge < -0.3 is 10.5 Å². The quantitative estimate of drug-likeness (QED) is 0.849. The normalized spacial score (nSPS) is 13.7. The fourth-order valence-corrected chi connectivity index (χ4v) is 2.34. The minimum Gasteiger partial charge on any atom is -0.497 e. The zero-order valence-corrected chi connectivity index (χ0v) is 11.1. The van der Waals surface area contributed by atoms with Gasteiger partial charge in [-0.15, -0.1) is 0 Å². The van der Waals surface area contributed by atoms with E-state index in [4.69, 9.17) is 10.5 Å². The second-order valence-electron chi connectivity index (χ2n) is 4.64. The number of rotatable bonds is 2. The highest BCUT2D eigenvalue weighted by Crippen LogP contribution is 2.25. The molecule has 2 aromatic rings. The summed E-state index contributed by atoms with van der Waals surface area (Å²) in [5.41, 5.74) is 9.71. The third-order valence-corrected chi connectivity index (χ3v) is 3.45. The number of nitrogen functional groups attached to an aromatic ring is 1.